The van der Waals surface area contributed by atoms with E-state index in [2.05, 4.69) is 0 Å². The summed E-state index contributed by atoms with van der Waals surface area (Å²) >= 11 is 0. The average Bonchev–Trinajstić information content (AvgIpc) is 2.57. The molecule has 0 aliphatic rings. The first-order chi connectivity index (χ1) is 11.5. The Bertz CT molecular complexity index is 684. The lowest BCUT2D eigenvalue weighted by atomic mass is 10.2. The van der Waals surface area contributed by atoms with Crippen molar-refractivity contribution in [1.29, 1.82) is 0 Å². The summed E-state index contributed by atoms with van der Waals surface area (Å²) in [4.78, 5) is 25.4. The van der Waals surface area contributed by atoms with Gasteiger partial charge in [0.05, 0.1) is 0 Å². The van der Waals surface area contributed by atoms with Crippen LogP contribution in [0.5, 0.6) is 5.75 Å². The highest BCUT2D eigenvalue weighted by Crippen LogP contribution is 2.18. The Morgan fingerprint density at radius 2 is 1.71 bits per heavy atom. The zero-order valence-corrected chi connectivity index (χ0v) is 13.9. The van der Waals surface area contributed by atoms with Crippen molar-refractivity contribution in [3.8, 4) is 5.75 Å². The molecule has 0 saturated carbocycles. The molecular weight excluding hydrogens is 304 g/mol. The number of hydrogen-bond donors (Lipinski definition) is 1. The van der Waals surface area contributed by atoms with Crippen molar-refractivity contribution < 1.29 is 14.3 Å². The fourth-order valence-electron chi connectivity index (χ4n) is 2.29. The van der Waals surface area contributed by atoms with E-state index in [1.165, 1.54) is 4.90 Å². The Kier molecular flexibility index (Phi) is 5.95. The van der Waals surface area contributed by atoms with Gasteiger partial charge in [-0.2, -0.15) is 0 Å². The monoisotopic (exact) mass is 326 g/mol. The number of ether oxygens (including phenoxy) is 1. The van der Waals surface area contributed by atoms with Gasteiger partial charge in [-0.25, -0.2) is 0 Å². The Hall–Kier alpha value is -2.82. The van der Waals surface area contributed by atoms with Gasteiger partial charge >= 0.3 is 0 Å². The highest BCUT2D eigenvalue weighted by molar-refractivity contribution is 5.97. The fraction of sp³-hybridized carbons (Fsp3) is 0.263. The molecule has 0 radical (unpaired) electrons. The van der Waals surface area contributed by atoms with Crippen molar-refractivity contribution in [2.45, 2.75) is 26.4 Å². The molecule has 0 spiro atoms. The number of nitrogens with two attached hydrogens (primary N) is 1. The van der Waals surface area contributed by atoms with Crippen LogP contribution in [0.1, 0.15) is 18.9 Å². The Labute approximate surface area is 142 Å². The van der Waals surface area contributed by atoms with Crippen LogP contribution in [0.25, 0.3) is 0 Å². The minimum atomic E-state index is -0.680. The van der Waals surface area contributed by atoms with Crippen LogP contribution in [-0.4, -0.2) is 24.5 Å². The fourth-order valence-corrected chi connectivity index (χ4v) is 2.29. The normalized spacial score (nSPS) is 11.6. The SMILES string of the molecule is Cc1ccc(O[C@@H](C)C(=O)N(CCC(N)=O)c2ccccc2)cc1. The lowest BCUT2D eigenvalue weighted by Crippen LogP contribution is -2.42. The predicted molar refractivity (Wildman–Crippen MR) is 93.9 cm³/mol. The molecule has 0 fully saturated rings. The summed E-state index contributed by atoms with van der Waals surface area (Å²) in [6.07, 6.45) is -0.585. The molecule has 2 aromatic carbocycles. The van der Waals surface area contributed by atoms with Gasteiger partial charge in [-0.05, 0) is 38.1 Å². The average molecular weight is 326 g/mol. The summed E-state index contributed by atoms with van der Waals surface area (Å²) in [5, 5.41) is 0. The van der Waals surface area contributed by atoms with E-state index in [1.54, 1.807) is 6.92 Å². The first-order valence-electron chi connectivity index (χ1n) is 7.85. The zero-order chi connectivity index (χ0) is 17.5. The Balaban J connectivity index is 2.13. The number of primary amides is 1. The van der Waals surface area contributed by atoms with E-state index >= 15 is 0 Å². The van der Waals surface area contributed by atoms with Crippen molar-refractivity contribution in [3.63, 3.8) is 0 Å². The molecule has 2 amide bonds. The van der Waals surface area contributed by atoms with E-state index in [0.717, 1.165) is 5.56 Å². The highest BCUT2D eigenvalue weighted by atomic mass is 16.5. The molecule has 5 nitrogen and oxygen atoms in total. The van der Waals surface area contributed by atoms with E-state index in [9.17, 15) is 9.59 Å². The van der Waals surface area contributed by atoms with Crippen LogP contribution in [0.3, 0.4) is 0 Å². The third-order valence-electron chi connectivity index (χ3n) is 3.60. The number of carbonyl (C=O) groups is 2. The van der Waals surface area contributed by atoms with Crippen molar-refractivity contribution in [2.24, 2.45) is 5.73 Å². The highest BCUT2D eigenvalue weighted by Gasteiger charge is 2.23. The van der Waals surface area contributed by atoms with E-state index in [-0.39, 0.29) is 18.9 Å². The summed E-state index contributed by atoms with van der Waals surface area (Å²) in [5.74, 6) is -0.0387. The molecule has 0 aliphatic heterocycles. The molecule has 0 saturated heterocycles. The number of hydrogen-bond acceptors (Lipinski definition) is 3. The van der Waals surface area contributed by atoms with Gasteiger partial charge in [-0.1, -0.05) is 35.9 Å². The van der Waals surface area contributed by atoms with Gasteiger partial charge in [0.25, 0.3) is 5.91 Å². The molecule has 0 aliphatic carbocycles. The number of anilines is 1. The predicted octanol–water partition coefficient (Wildman–Crippen LogP) is 2.67. The molecule has 2 aromatic rings. The molecule has 0 bridgehead atoms. The number of aryl methyl sites for hydroxylation is 1. The number of para-hydroxylation sites is 1. The smallest absolute Gasteiger partial charge is 0.267 e. The van der Waals surface area contributed by atoms with E-state index in [1.807, 2.05) is 61.5 Å². The molecule has 24 heavy (non-hydrogen) atoms. The molecule has 1 atom stereocenters. The first kappa shape index (κ1) is 17.5. The van der Waals surface area contributed by atoms with E-state index < -0.39 is 12.0 Å². The van der Waals surface area contributed by atoms with Crippen LogP contribution in [0.15, 0.2) is 54.6 Å². The van der Waals surface area contributed by atoms with Gasteiger partial charge in [0, 0.05) is 18.7 Å². The van der Waals surface area contributed by atoms with Crippen molar-refractivity contribution in [2.75, 3.05) is 11.4 Å². The number of nitrogens with zero attached hydrogens (tertiary/aromatic N) is 1. The topological polar surface area (TPSA) is 72.6 Å². The number of amides is 2. The number of benzene rings is 2. The summed E-state index contributed by atoms with van der Waals surface area (Å²) in [6.45, 7) is 3.90. The third kappa shape index (κ3) is 4.84. The molecule has 0 heterocycles. The molecule has 2 rings (SSSR count). The van der Waals surface area contributed by atoms with Crippen LogP contribution < -0.4 is 15.4 Å². The summed E-state index contributed by atoms with van der Waals surface area (Å²) < 4.78 is 5.73. The van der Waals surface area contributed by atoms with Crippen LogP contribution in [0, 0.1) is 6.92 Å². The quantitative estimate of drug-likeness (QED) is 0.850. The van der Waals surface area contributed by atoms with E-state index in [0.29, 0.717) is 11.4 Å². The summed E-state index contributed by atoms with van der Waals surface area (Å²) in [7, 11) is 0. The maximum absolute atomic E-state index is 12.8. The van der Waals surface area contributed by atoms with Crippen molar-refractivity contribution in [1.82, 2.24) is 0 Å². The number of rotatable bonds is 7. The Morgan fingerprint density at radius 1 is 1.08 bits per heavy atom. The molecule has 5 heteroatoms. The molecule has 126 valence electrons. The second-order valence-corrected chi connectivity index (χ2v) is 5.61. The minimum absolute atomic E-state index is 0.0951. The lowest BCUT2D eigenvalue weighted by Gasteiger charge is -2.26. The van der Waals surface area contributed by atoms with Gasteiger partial charge in [0.1, 0.15) is 5.75 Å². The lowest BCUT2D eigenvalue weighted by molar-refractivity contribution is -0.124. The maximum Gasteiger partial charge on any atom is 0.267 e. The van der Waals surface area contributed by atoms with Crippen molar-refractivity contribution >= 4 is 17.5 Å². The zero-order valence-electron chi connectivity index (χ0n) is 13.9. The third-order valence-corrected chi connectivity index (χ3v) is 3.60. The van der Waals surface area contributed by atoms with Crippen LogP contribution in [0.2, 0.25) is 0 Å². The molecular formula is C19H22N2O3. The van der Waals surface area contributed by atoms with Gasteiger partial charge in [0.15, 0.2) is 6.10 Å². The van der Waals surface area contributed by atoms with Crippen LogP contribution in [-0.2, 0) is 9.59 Å². The summed E-state index contributed by atoms with van der Waals surface area (Å²) in [5.41, 5.74) is 7.06. The van der Waals surface area contributed by atoms with Crippen molar-refractivity contribution in [3.05, 3.63) is 60.2 Å². The summed E-state index contributed by atoms with van der Waals surface area (Å²) in [6, 6.07) is 16.7. The standard InChI is InChI=1S/C19H22N2O3/c1-14-8-10-17(11-9-14)24-15(2)19(23)21(13-12-18(20)22)16-6-4-3-5-7-16/h3-11,15H,12-13H2,1-2H3,(H2,20,22)/t15-/m0/s1. The van der Waals surface area contributed by atoms with Gasteiger partial charge in [0.2, 0.25) is 5.91 Å². The Morgan fingerprint density at radius 3 is 2.29 bits per heavy atom. The minimum Gasteiger partial charge on any atom is -0.481 e. The molecule has 0 unspecified atom stereocenters. The first-order valence-corrected chi connectivity index (χ1v) is 7.85. The number of carbonyl (C=O) groups excluding carboxylic acids is 2. The van der Waals surface area contributed by atoms with Crippen LogP contribution in [0.4, 0.5) is 5.69 Å². The van der Waals surface area contributed by atoms with Gasteiger partial charge < -0.3 is 15.4 Å². The second-order valence-electron chi connectivity index (χ2n) is 5.61. The van der Waals surface area contributed by atoms with Gasteiger partial charge in [-0.3, -0.25) is 9.59 Å². The largest absolute Gasteiger partial charge is 0.481 e. The van der Waals surface area contributed by atoms with E-state index in [4.69, 9.17) is 10.5 Å². The van der Waals surface area contributed by atoms with Crippen LogP contribution >= 0.6 is 0 Å². The molecule has 0 aromatic heterocycles. The second kappa shape index (κ2) is 8.15. The maximum atomic E-state index is 12.8. The molecule has 2 N–H and O–H groups in total. The van der Waals surface area contributed by atoms with Gasteiger partial charge in [-0.15, -0.1) is 0 Å².